The third-order valence-electron chi connectivity index (χ3n) is 3.97. The van der Waals surface area contributed by atoms with Gasteiger partial charge < -0.3 is 15.2 Å². The first-order chi connectivity index (χ1) is 11.9. The van der Waals surface area contributed by atoms with Gasteiger partial charge in [0.2, 0.25) is 11.8 Å². The summed E-state index contributed by atoms with van der Waals surface area (Å²) in [4.78, 5) is 29.4. The molecule has 10 heteroatoms. The molecule has 0 bridgehead atoms. The number of aliphatic imine (C=N–C) groups is 1. The molecule has 7 nitrogen and oxygen atoms in total. The Hall–Kier alpha value is -1.00. The Morgan fingerprint density at radius 2 is 1.88 bits per heavy atom. The lowest BCUT2D eigenvalue weighted by Gasteiger charge is -2.25. The van der Waals surface area contributed by atoms with Gasteiger partial charge in [-0.2, -0.15) is 0 Å². The van der Waals surface area contributed by atoms with Crippen LogP contribution in [0.2, 0.25) is 10.2 Å². The number of rotatable bonds is 6. The Kier molecular flexibility index (Phi) is 9.73. The van der Waals surface area contributed by atoms with E-state index in [4.69, 9.17) is 23.2 Å². The second-order valence-electron chi connectivity index (χ2n) is 5.75. The molecule has 0 spiro atoms. The van der Waals surface area contributed by atoms with E-state index in [0.717, 1.165) is 5.69 Å². The number of hydrogen-bond donors (Lipinski definition) is 2. The van der Waals surface area contributed by atoms with Gasteiger partial charge in [-0.15, -0.1) is 24.0 Å². The summed E-state index contributed by atoms with van der Waals surface area (Å²) in [5.74, 6) is 0.397. The van der Waals surface area contributed by atoms with Crippen LogP contribution in [-0.4, -0.2) is 46.9 Å². The first-order valence-electron chi connectivity index (χ1n) is 8.29. The highest BCUT2D eigenvalue weighted by atomic mass is 127. The SMILES string of the molecule is CCNC(=NCc1cc(Cl)c(Cl)n1C)NCCN1C(=O)CCCC1=O.I. The lowest BCUT2D eigenvalue weighted by Crippen LogP contribution is -2.46. The molecular weight excluding hydrogens is 492 g/mol. The number of nitrogens with zero attached hydrogens (tertiary/aromatic N) is 3. The molecule has 2 amide bonds. The number of hydrogen-bond acceptors (Lipinski definition) is 3. The van der Waals surface area contributed by atoms with Crippen LogP contribution in [0, 0.1) is 0 Å². The molecule has 0 aromatic carbocycles. The third kappa shape index (κ3) is 6.02. The van der Waals surface area contributed by atoms with E-state index in [1.54, 1.807) is 10.6 Å². The van der Waals surface area contributed by atoms with Crippen molar-refractivity contribution in [1.29, 1.82) is 0 Å². The van der Waals surface area contributed by atoms with Gasteiger partial charge in [0.1, 0.15) is 5.15 Å². The minimum absolute atomic E-state index is 0. The molecular formula is C16H24Cl2IN5O2. The minimum Gasteiger partial charge on any atom is -0.357 e. The third-order valence-corrected chi connectivity index (χ3v) is 4.81. The van der Waals surface area contributed by atoms with Gasteiger partial charge in [-0.3, -0.25) is 14.5 Å². The van der Waals surface area contributed by atoms with E-state index in [9.17, 15) is 9.59 Å². The fourth-order valence-corrected chi connectivity index (χ4v) is 2.99. The smallest absolute Gasteiger partial charge is 0.229 e. The van der Waals surface area contributed by atoms with Gasteiger partial charge in [0.05, 0.1) is 11.6 Å². The average Bonchev–Trinajstić information content (AvgIpc) is 2.82. The van der Waals surface area contributed by atoms with Crippen molar-refractivity contribution in [1.82, 2.24) is 20.1 Å². The molecule has 0 aliphatic carbocycles. The maximum absolute atomic E-state index is 11.8. The molecule has 1 aliphatic rings. The standard InChI is InChI=1S/C16H23Cl2N5O2.HI/c1-3-19-16(21-10-11-9-12(17)15(18)22(11)2)20-7-8-23-13(24)5-4-6-14(23)25;/h9H,3-8,10H2,1-2H3,(H2,19,20,21);1H. The molecule has 2 heterocycles. The number of aromatic nitrogens is 1. The number of nitrogens with one attached hydrogen (secondary N) is 2. The quantitative estimate of drug-likeness (QED) is 0.264. The zero-order chi connectivity index (χ0) is 18.4. The molecule has 2 rings (SSSR count). The highest BCUT2D eigenvalue weighted by Crippen LogP contribution is 2.25. The number of piperidine rings is 1. The molecule has 0 saturated carbocycles. The molecule has 1 fully saturated rings. The Balaban J connectivity index is 0.00000338. The van der Waals surface area contributed by atoms with E-state index in [0.29, 0.717) is 61.6 Å². The predicted octanol–water partition coefficient (Wildman–Crippen LogP) is 2.54. The molecule has 1 aromatic rings. The average molecular weight is 516 g/mol. The van der Waals surface area contributed by atoms with E-state index in [1.807, 2.05) is 14.0 Å². The Morgan fingerprint density at radius 1 is 1.23 bits per heavy atom. The molecule has 2 N–H and O–H groups in total. The Bertz CT molecular complexity index is 662. The van der Waals surface area contributed by atoms with E-state index < -0.39 is 0 Å². The number of carbonyl (C=O) groups excluding carboxylic acids is 2. The number of amides is 2. The van der Waals surface area contributed by atoms with Crippen molar-refractivity contribution in [2.45, 2.75) is 32.7 Å². The molecule has 146 valence electrons. The summed E-state index contributed by atoms with van der Waals surface area (Å²) in [7, 11) is 1.83. The number of halogens is 3. The van der Waals surface area contributed by atoms with Crippen LogP contribution in [-0.2, 0) is 23.2 Å². The first-order valence-corrected chi connectivity index (χ1v) is 9.04. The minimum atomic E-state index is -0.104. The summed E-state index contributed by atoms with van der Waals surface area (Å²) in [6.07, 6.45) is 1.53. The normalized spacial score (nSPS) is 15.1. The maximum Gasteiger partial charge on any atom is 0.229 e. The van der Waals surface area contributed by atoms with Crippen LogP contribution in [0.1, 0.15) is 31.9 Å². The summed E-state index contributed by atoms with van der Waals surface area (Å²) in [6, 6.07) is 1.78. The van der Waals surface area contributed by atoms with E-state index in [1.165, 1.54) is 4.90 Å². The molecule has 1 aromatic heterocycles. The Morgan fingerprint density at radius 3 is 2.42 bits per heavy atom. The summed E-state index contributed by atoms with van der Waals surface area (Å²) >= 11 is 12.1. The van der Waals surface area contributed by atoms with E-state index in [2.05, 4.69) is 15.6 Å². The van der Waals surface area contributed by atoms with E-state index in [-0.39, 0.29) is 35.8 Å². The van der Waals surface area contributed by atoms with Gasteiger partial charge in [-0.25, -0.2) is 4.99 Å². The molecule has 1 saturated heterocycles. The Labute approximate surface area is 180 Å². The van der Waals surface area contributed by atoms with Crippen molar-refractivity contribution >= 4 is 65.0 Å². The van der Waals surface area contributed by atoms with Crippen LogP contribution in [0.15, 0.2) is 11.1 Å². The summed E-state index contributed by atoms with van der Waals surface area (Å²) in [6.45, 7) is 3.84. The topological polar surface area (TPSA) is 78.7 Å². The fourth-order valence-electron chi connectivity index (χ4n) is 2.58. The van der Waals surface area contributed by atoms with Gasteiger partial charge in [-0.1, -0.05) is 23.2 Å². The fraction of sp³-hybridized carbons (Fsp3) is 0.562. The second-order valence-corrected chi connectivity index (χ2v) is 6.51. The van der Waals surface area contributed by atoms with Crippen LogP contribution in [0.4, 0.5) is 0 Å². The van der Waals surface area contributed by atoms with Gasteiger partial charge >= 0.3 is 0 Å². The first kappa shape index (κ1) is 23.0. The summed E-state index contributed by atoms with van der Waals surface area (Å²) in [5, 5.41) is 7.24. The molecule has 0 atom stereocenters. The van der Waals surface area contributed by atoms with Crippen LogP contribution >= 0.6 is 47.2 Å². The predicted molar refractivity (Wildman–Crippen MR) is 114 cm³/mol. The van der Waals surface area contributed by atoms with Crippen molar-refractivity contribution in [2.75, 3.05) is 19.6 Å². The van der Waals surface area contributed by atoms with Gasteiger partial charge in [0.15, 0.2) is 5.96 Å². The molecule has 0 radical (unpaired) electrons. The summed E-state index contributed by atoms with van der Waals surface area (Å²) < 4.78 is 1.78. The monoisotopic (exact) mass is 515 g/mol. The second kappa shape index (κ2) is 11.0. The molecule has 26 heavy (non-hydrogen) atoms. The van der Waals surface area contributed by atoms with Crippen LogP contribution in [0.25, 0.3) is 0 Å². The van der Waals surface area contributed by atoms with Gasteiger partial charge in [-0.05, 0) is 19.4 Å². The zero-order valence-electron chi connectivity index (χ0n) is 14.8. The van der Waals surface area contributed by atoms with E-state index >= 15 is 0 Å². The number of imide groups is 1. The van der Waals surface area contributed by atoms with Crippen molar-refractivity contribution in [2.24, 2.45) is 12.0 Å². The maximum atomic E-state index is 11.8. The number of carbonyl (C=O) groups is 2. The van der Waals surface area contributed by atoms with Crippen LogP contribution in [0.3, 0.4) is 0 Å². The summed E-state index contributed by atoms with van der Waals surface area (Å²) in [5.41, 5.74) is 0.883. The molecule has 1 aliphatic heterocycles. The number of guanidine groups is 1. The van der Waals surface area contributed by atoms with Crippen molar-refractivity contribution in [3.8, 4) is 0 Å². The lowest BCUT2D eigenvalue weighted by atomic mass is 10.1. The van der Waals surface area contributed by atoms with Crippen LogP contribution in [0.5, 0.6) is 0 Å². The number of likely N-dealkylation sites (tertiary alicyclic amines) is 1. The van der Waals surface area contributed by atoms with Gasteiger partial charge in [0.25, 0.3) is 0 Å². The van der Waals surface area contributed by atoms with Crippen molar-refractivity contribution in [3.63, 3.8) is 0 Å². The van der Waals surface area contributed by atoms with Crippen molar-refractivity contribution in [3.05, 3.63) is 21.9 Å². The zero-order valence-corrected chi connectivity index (χ0v) is 18.7. The lowest BCUT2D eigenvalue weighted by molar-refractivity contribution is -0.147. The highest BCUT2D eigenvalue weighted by molar-refractivity contribution is 14.0. The van der Waals surface area contributed by atoms with Crippen LogP contribution < -0.4 is 10.6 Å². The molecule has 0 unspecified atom stereocenters. The highest BCUT2D eigenvalue weighted by Gasteiger charge is 2.25. The van der Waals surface area contributed by atoms with Crippen molar-refractivity contribution < 1.29 is 9.59 Å². The van der Waals surface area contributed by atoms with Gasteiger partial charge in [0, 0.05) is 45.2 Å². The largest absolute Gasteiger partial charge is 0.357 e.